The minimum atomic E-state index is -0.336. The van der Waals surface area contributed by atoms with Crippen molar-refractivity contribution in [2.75, 3.05) is 11.9 Å². The summed E-state index contributed by atoms with van der Waals surface area (Å²) in [4.78, 5) is 17.3. The first-order valence-corrected chi connectivity index (χ1v) is 15.0. The quantitative estimate of drug-likeness (QED) is 0.0832. The number of hydrogen-bond acceptors (Lipinski definition) is 7. The Bertz CT molecular complexity index is 1690. The molecule has 0 fully saturated rings. The van der Waals surface area contributed by atoms with Gasteiger partial charge in [0.05, 0.1) is 22.1 Å². The van der Waals surface area contributed by atoms with Crippen LogP contribution in [0, 0.1) is 9.39 Å². The molecule has 0 spiro atoms. The fourth-order valence-electron chi connectivity index (χ4n) is 3.98. The van der Waals surface area contributed by atoms with Gasteiger partial charge in [0.2, 0.25) is 0 Å². The average molecular weight is 693 g/mol. The molecule has 4 aromatic carbocycles. The Morgan fingerprint density at radius 1 is 1.02 bits per heavy atom. The molecule has 0 radical (unpaired) electrons. The number of para-hydroxylation sites is 1. The summed E-state index contributed by atoms with van der Waals surface area (Å²) in [5.41, 5.74) is 7.19. The van der Waals surface area contributed by atoms with E-state index in [0.717, 1.165) is 31.2 Å². The maximum atomic E-state index is 13.5. The van der Waals surface area contributed by atoms with Crippen LogP contribution in [0.15, 0.2) is 101 Å². The van der Waals surface area contributed by atoms with Gasteiger partial charge >= 0.3 is 0 Å². The molecule has 212 valence electrons. The Hall–Kier alpha value is -4.29. The second-order valence-corrected chi connectivity index (χ2v) is 11.0. The van der Waals surface area contributed by atoms with Gasteiger partial charge in [-0.2, -0.15) is 5.10 Å². The smallest absolute Gasteiger partial charge is 0.271 e. The molecule has 7 nitrogen and oxygen atoms in total. The molecule has 0 saturated carbocycles. The van der Waals surface area contributed by atoms with Crippen molar-refractivity contribution >= 4 is 56.9 Å². The number of nitrogens with zero attached hydrogens (tertiary/aromatic N) is 2. The zero-order valence-corrected chi connectivity index (χ0v) is 25.5. The molecule has 1 heterocycles. The van der Waals surface area contributed by atoms with Crippen LogP contribution in [-0.4, -0.2) is 23.7 Å². The second kappa shape index (κ2) is 14.1. The molecule has 42 heavy (non-hydrogen) atoms. The van der Waals surface area contributed by atoms with Gasteiger partial charge in [-0.05, 0) is 89.2 Å². The lowest BCUT2D eigenvalue weighted by molar-refractivity contribution is 0.0955. The van der Waals surface area contributed by atoms with Gasteiger partial charge in [0.25, 0.3) is 5.91 Å². The number of aromatic nitrogens is 1. The van der Waals surface area contributed by atoms with Crippen LogP contribution in [-0.2, 0) is 6.61 Å². The zero-order chi connectivity index (χ0) is 29.3. The lowest BCUT2D eigenvalue weighted by atomic mass is 10.1. The second-order valence-electron chi connectivity index (χ2n) is 8.99. The third-order valence-electron chi connectivity index (χ3n) is 5.96. The van der Waals surface area contributed by atoms with Crippen LogP contribution in [0.2, 0.25) is 0 Å². The maximum Gasteiger partial charge on any atom is 0.271 e. The van der Waals surface area contributed by atoms with Crippen molar-refractivity contribution in [3.05, 3.63) is 122 Å². The van der Waals surface area contributed by atoms with Crippen LogP contribution < -0.4 is 20.2 Å². The van der Waals surface area contributed by atoms with Crippen molar-refractivity contribution in [3.63, 3.8) is 0 Å². The molecule has 0 aliphatic rings. The number of thiazole rings is 1. The standard InChI is InChI=1S/C32H26FIN4O3S/c1-2-40-29-17-22(16-27(34)30(29)41-19-21-7-6-8-25(33)15-21)18-35-38-31(39)24-13-11-23(12-14-24)28-20-42-32(37-28)36-26-9-4-3-5-10-26/h3-18,20H,2,19H2,1H3,(H,36,37)(H,38,39)/b35-18-. The van der Waals surface area contributed by atoms with Gasteiger partial charge < -0.3 is 14.8 Å². The summed E-state index contributed by atoms with van der Waals surface area (Å²) in [6, 6.07) is 27.0. The van der Waals surface area contributed by atoms with E-state index in [4.69, 9.17) is 9.47 Å². The fraction of sp³-hybridized carbons (Fsp3) is 0.0938. The molecule has 5 rings (SSSR count). The van der Waals surface area contributed by atoms with Crippen molar-refractivity contribution < 1.29 is 18.7 Å². The van der Waals surface area contributed by atoms with Gasteiger partial charge in [0, 0.05) is 22.2 Å². The van der Waals surface area contributed by atoms with Crippen LogP contribution in [0.5, 0.6) is 11.5 Å². The Balaban J connectivity index is 1.20. The zero-order valence-electron chi connectivity index (χ0n) is 22.5. The van der Waals surface area contributed by atoms with Gasteiger partial charge in [-0.3, -0.25) is 4.79 Å². The van der Waals surface area contributed by atoms with Crippen LogP contribution >= 0.6 is 33.9 Å². The maximum absolute atomic E-state index is 13.5. The monoisotopic (exact) mass is 692 g/mol. The van der Waals surface area contributed by atoms with Gasteiger partial charge in [0.1, 0.15) is 12.4 Å². The number of benzene rings is 4. The van der Waals surface area contributed by atoms with Gasteiger partial charge in [-0.25, -0.2) is 14.8 Å². The number of nitrogens with one attached hydrogen (secondary N) is 2. The van der Waals surface area contributed by atoms with Crippen LogP contribution in [0.25, 0.3) is 11.3 Å². The van der Waals surface area contributed by atoms with Crippen molar-refractivity contribution in [2.45, 2.75) is 13.5 Å². The highest BCUT2D eigenvalue weighted by atomic mass is 127. The third-order valence-corrected chi connectivity index (χ3v) is 7.51. The van der Waals surface area contributed by atoms with E-state index >= 15 is 0 Å². The predicted molar refractivity (Wildman–Crippen MR) is 173 cm³/mol. The van der Waals surface area contributed by atoms with Crippen molar-refractivity contribution in [3.8, 4) is 22.8 Å². The number of halogens is 2. The lowest BCUT2D eigenvalue weighted by Crippen LogP contribution is -2.17. The molecule has 2 N–H and O–H groups in total. The number of carbonyl (C=O) groups excluding carboxylic acids is 1. The highest BCUT2D eigenvalue weighted by Crippen LogP contribution is 2.34. The SMILES string of the molecule is CCOc1cc(/C=N\NC(=O)c2ccc(-c3csc(Nc4ccccc4)n3)cc2)cc(I)c1OCc1cccc(F)c1. The van der Waals surface area contributed by atoms with Crippen LogP contribution in [0.1, 0.15) is 28.4 Å². The van der Waals surface area contributed by atoms with Crippen LogP contribution in [0.4, 0.5) is 15.2 Å². The number of carbonyl (C=O) groups is 1. The van der Waals surface area contributed by atoms with E-state index in [1.54, 1.807) is 36.5 Å². The normalized spacial score (nSPS) is 10.9. The Labute approximate surface area is 260 Å². The molecule has 0 aliphatic carbocycles. The molecular weight excluding hydrogens is 666 g/mol. The molecule has 1 amide bonds. The summed E-state index contributed by atoms with van der Waals surface area (Å²) in [5, 5.41) is 10.2. The first kappa shape index (κ1) is 29.2. The molecule has 0 saturated heterocycles. The van der Waals surface area contributed by atoms with Crippen LogP contribution in [0.3, 0.4) is 0 Å². The molecule has 1 aromatic heterocycles. The number of ether oxygens (including phenoxy) is 2. The first-order chi connectivity index (χ1) is 20.5. The third kappa shape index (κ3) is 7.71. The molecule has 0 aliphatic heterocycles. The number of amides is 1. The minimum Gasteiger partial charge on any atom is -0.490 e. The van der Waals surface area contributed by atoms with Gasteiger partial charge in [-0.15, -0.1) is 11.3 Å². The first-order valence-electron chi connectivity index (χ1n) is 13.0. The van der Waals surface area contributed by atoms with Crippen molar-refractivity contribution in [1.29, 1.82) is 0 Å². The predicted octanol–water partition coefficient (Wildman–Crippen LogP) is 8.04. The minimum absolute atomic E-state index is 0.199. The summed E-state index contributed by atoms with van der Waals surface area (Å²) in [6.45, 7) is 2.51. The Kier molecular flexibility index (Phi) is 9.78. The highest BCUT2D eigenvalue weighted by molar-refractivity contribution is 14.1. The lowest BCUT2D eigenvalue weighted by Gasteiger charge is -2.14. The van der Waals surface area contributed by atoms with E-state index in [1.807, 2.05) is 60.8 Å². The summed E-state index contributed by atoms with van der Waals surface area (Å²) >= 11 is 3.67. The number of hydrazone groups is 1. The summed E-state index contributed by atoms with van der Waals surface area (Å²) in [7, 11) is 0. The Morgan fingerprint density at radius 2 is 1.83 bits per heavy atom. The van der Waals surface area contributed by atoms with E-state index in [9.17, 15) is 9.18 Å². The van der Waals surface area contributed by atoms with Gasteiger partial charge in [0.15, 0.2) is 16.6 Å². The Morgan fingerprint density at radius 3 is 2.60 bits per heavy atom. The van der Waals surface area contributed by atoms with E-state index in [2.05, 4.69) is 43.4 Å². The number of anilines is 2. The summed E-state index contributed by atoms with van der Waals surface area (Å²) in [6.07, 6.45) is 1.55. The molecular formula is C32H26FIN4O3S. The fourth-order valence-corrected chi connectivity index (χ4v) is 5.50. The van der Waals surface area contributed by atoms with Crippen molar-refractivity contribution in [2.24, 2.45) is 5.10 Å². The largest absolute Gasteiger partial charge is 0.490 e. The highest BCUT2D eigenvalue weighted by Gasteiger charge is 2.13. The molecule has 10 heteroatoms. The van der Waals surface area contributed by atoms with E-state index < -0.39 is 0 Å². The van der Waals surface area contributed by atoms with Gasteiger partial charge in [-0.1, -0.05) is 42.5 Å². The topological polar surface area (TPSA) is 84.8 Å². The van der Waals surface area contributed by atoms with E-state index in [-0.39, 0.29) is 18.3 Å². The molecule has 5 aromatic rings. The number of rotatable bonds is 11. The summed E-state index contributed by atoms with van der Waals surface area (Å²) < 4.78 is 26.1. The average Bonchev–Trinajstić information content (AvgIpc) is 3.46. The number of hydrogen-bond donors (Lipinski definition) is 2. The van der Waals surface area contributed by atoms with E-state index in [0.29, 0.717) is 29.2 Å². The summed E-state index contributed by atoms with van der Waals surface area (Å²) in [5.74, 6) is 0.446. The molecule has 0 unspecified atom stereocenters. The van der Waals surface area contributed by atoms with Crippen molar-refractivity contribution in [1.82, 2.24) is 10.4 Å². The van der Waals surface area contributed by atoms with E-state index in [1.165, 1.54) is 23.5 Å². The molecule has 0 atom stereocenters. The molecule has 0 bridgehead atoms.